The molecule has 0 saturated carbocycles. The lowest BCUT2D eigenvalue weighted by Gasteiger charge is -2.24. The van der Waals surface area contributed by atoms with Crippen LogP contribution in [0.3, 0.4) is 0 Å². The first kappa shape index (κ1) is 23.6. The molecular weight excluding hydrogens is 503 g/mol. The summed E-state index contributed by atoms with van der Waals surface area (Å²) in [5.74, 6) is -0.751. The van der Waals surface area contributed by atoms with Gasteiger partial charge in [-0.25, -0.2) is 9.91 Å². The summed E-state index contributed by atoms with van der Waals surface area (Å²) in [7, 11) is 0. The maximum Gasteiger partial charge on any atom is 0.247 e. The lowest BCUT2D eigenvalue weighted by molar-refractivity contribution is -0.121. The van der Waals surface area contributed by atoms with E-state index in [9.17, 15) is 9.59 Å². The minimum Gasteiger partial charge on any atom is -0.277 e. The predicted octanol–water partition coefficient (Wildman–Crippen LogP) is 6.14. The highest BCUT2D eigenvalue weighted by Crippen LogP contribution is 2.38. The summed E-state index contributed by atoms with van der Waals surface area (Å²) in [4.78, 5) is 27.0. The molecule has 3 aromatic rings. The topological polar surface area (TPSA) is 76.8 Å². The van der Waals surface area contributed by atoms with Gasteiger partial charge in [-0.05, 0) is 29.3 Å². The van der Waals surface area contributed by atoms with Crippen LogP contribution in [0.25, 0.3) is 0 Å². The Balaban J connectivity index is 1.39. The molecule has 0 unspecified atom stereocenters. The van der Waals surface area contributed by atoms with Crippen molar-refractivity contribution in [2.24, 2.45) is 5.10 Å². The standard InChI is InChI=1S/C26H20Cl2N4O2S/c27-18-11-19(28)13-20(12-18)31-24(33)15-23(25(31)34)35-26(29)32-22(17-9-5-2-6-10-17)14-21(30-32)16-7-3-1-4-8-16/h1-13,22-23,29H,14-15H2/t22-,23+/m0/s1. The van der Waals surface area contributed by atoms with Gasteiger partial charge in [0.25, 0.3) is 0 Å². The number of hydrogen-bond acceptors (Lipinski definition) is 5. The number of hydrogen-bond donors (Lipinski definition) is 1. The molecule has 0 radical (unpaired) electrons. The number of benzene rings is 3. The third-order valence-corrected chi connectivity index (χ3v) is 7.37. The minimum atomic E-state index is -0.736. The van der Waals surface area contributed by atoms with Crippen LogP contribution < -0.4 is 4.90 Å². The van der Waals surface area contributed by atoms with E-state index in [0.717, 1.165) is 33.5 Å². The van der Waals surface area contributed by atoms with Crippen molar-refractivity contribution in [1.82, 2.24) is 5.01 Å². The minimum absolute atomic E-state index is 0.0187. The number of hydrazone groups is 1. The summed E-state index contributed by atoms with van der Waals surface area (Å²) in [5.41, 5.74) is 3.22. The second kappa shape index (κ2) is 9.85. The second-order valence-electron chi connectivity index (χ2n) is 8.20. The van der Waals surface area contributed by atoms with Crippen molar-refractivity contribution in [3.05, 3.63) is 100 Å². The molecule has 0 spiro atoms. The Morgan fingerprint density at radius 2 is 1.54 bits per heavy atom. The molecule has 1 saturated heterocycles. The van der Waals surface area contributed by atoms with E-state index in [0.29, 0.717) is 22.2 Å². The summed E-state index contributed by atoms with van der Waals surface area (Å²) in [6, 6.07) is 24.1. The number of amidine groups is 1. The Morgan fingerprint density at radius 3 is 2.20 bits per heavy atom. The predicted molar refractivity (Wildman–Crippen MR) is 141 cm³/mol. The van der Waals surface area contributed by atoms with Crippen molar-refractivity contribution in [3.8, 4) is 0 Å². The number of rotatable bonds is 4. The smallest absolute Gasteiger partial charge is 0.247 e. The Morgan fingerprint density at radius 1 is 0.914 bits per heavy atom. The third-order valence-electron chi connectivity index (χ3n) is 5.87. The molecule has 0 bridgehead atoms. The molecule has 1 fully saturated rings. The highest BCUT2D eigenvalue weighted by atomic mass is 35.5. The van der Waals surface area contributed by atoms with Crippen molar-refractivity contribution in [1.29, 1.82) is 5.41 Å². The van der Waals surface area contributed by atoms with E-state index >= 15 is 0 Å². The summed E-state index contributed by atoms with van der Waals surface area (Å²) in [5, 5.41) is 15.3. The molecule has 2 amide bonds. The number of amides is 2. The summed E-state index contributed by atoms with van der Waals surface area (Å²) < 4.78 is 0. The molecule has 2 atom stereocenters. The van der Waals surface area contributed by atoms with Gasteiger partial charge in [-0.15, -0.1) is 0 Å². The van der Waals surface area contributed by atoms with E-state index in [-0.39, 0.29) is 23.5 Å². The number of nitrogens with one attached hydrogen (secondary N) is 1. The lowest BCUT2D eigenvalue weighted by Crippen LogP contribution is -2.32. The molecule has 176 valence electrons. The van der Waals surface area contributed by atoms with Crippen molar-refractivity contribution >= 4 is 63.3 Å². The fourth-order valence-corrected chi connectivity index (χ4v) is 5.75. The summed E-state index contributed by atoms with van der Waals surface area (Å²) in [6.07, 6.45) is 0.608. The van der Waals surface area contributed by atoms with Crippen molar-refractivity contribution in [2.45, 2.75) is 24.1 Å². The maximum absolute atomic E-state index is 13.2. The number of halogens is 2. The summed E-state index contributed by atoms with van der Waals surface area (Å²) in [6.45, 7) is 0. The Labute approximate surface area is 217 Å². The molecule has 2 aliphatic rings. The van der Waals surface area contributed by atoms with E-state index in [4.69, 9.17) is 33.7 Å². The Bertz CT molecular complexity index is 1310. The molecule has 2 aliphatic heterocycles. The van der Waals surface area contributed by atoms with Gasteiger partial charge >= 0.3 is 0 Å². The first-order chi connectivity index (χ1) is 16.9. The van der Waals surface area contributed by atoms with Crippen molar-refractivity contribution < 1.29 is 9.59 Å². The average Bonchev–Trinajstić information content (AvgIpc) is 3.41. The molecule has 3 aromatic carbocycles. The quantitative estimate of drug-likeness (QED) is 0.253. The number of carbonyl (C=O) groups excluding carboxylic acids is 2. The maximum atomic E-state index is 13.2. The van der Waals surface area contributed by atoms with Gasteiger partial charge in [-0.3, -0.25) is 15.0 Å². The molecule has 1 N–H and O–H groups in total. The number of imide groups is 1. The summed E-state index contributed by atoms with van der Waals surface area (Å²) >= 11 is 13.2. The van der Waals surface area contributed by atoms with Gasteiger partial charge in [0.1, 0.15) is 5.25 Å². The first-order valence-corrected chi connectivity index (χ1v) is 12.6. The third kappa shape index (κ3) is 4.85. The van der Waals surface area contributed by atoms with Crippen LogP contribution in [0.15, 0.2) is 84.0 Å². The van der Waals surface area contributed by atoms with Crippen LogP contribution >= 0.6 is 35.0 Å². The molecule has 9 heteroatoms. The molecule has 6 nitrogen and oxygen atoms in total. The molecule has 0 aromatic heterocycles. The van der Waals surface area contributed by atoms with Crippen LogP contribution in [-0.2, 0) is 9.59 Å². The fraction of sp³-hybridized carbons (Fsp3) is 0.154. The van der Waals surface area contributed by atoms with E-state index in [1.807, 2.05) is 60.7 Å². The number of nitrogens with zero attached hydrogens (tertiary/aromatic N) is 3. The van der Waals surface area contributed by atoms with Gasteiger partial charge in [0.2, 0.25) is 11.8 Å². The monoisotopic (exact) mass is 522 g/mol. The van der Waals surface area contributed by atoms with Crippen molar-refractivity contribution in [2.75, 3.05) is 4.90 Å². The molecule has 0 aliphatic carbocycles. The highest BCUT2D eigenvalue weighted by Gasteiger charge is 2.42. The largest absolute Gasteiger partial charge is 0.277 e. The van der Waals surface area contributed by atoms with Crippen LogP contribution in [0.1, 0.15) is 30.0 Å². The molecule has 35 heavy (non-hydrogen) atoms. The Kier molecular flexibility index (Phi) is 6.65. The SMILES string of the molecule is N=C(S[C@@H]1CC(=O)N(c2cc(Cl)cc(Cl)c2)C1=O)N1N=C(c2ccccc2)C[C@H]1c1ccccc1. The molecule has 5 rings (SSSR count). The molecular formula is C26H20Cl2N4O2S. The second-order valence-corrected chi connectivity index (χ2v) is 10.3. The van der Waals surface area contributed by atoms with Crippen molar-refractivity contribution in [3.63, 3.8) is 0 Å². The van der Waals surface area contributed by atoms with Gasteiger partial charge in [0.15, 0.2) is 5.17 Å². The first-order valence-electron chi connectivity index (χ1n) is 11.0. The van der Waals surface area contributed by atoms with Crippen LogP contribution in [0.5, 0.6) is 0 Å². The van der Waals surface area contributed by atoms with Crippen LogP contribution in [0.4, 0.5) is 5.69 Å². The van der Waals surface area contributed by atoms with E-state index in [1.165, 1.54) is 12.1 Å². The van der Waals surface area contributed by atoms with Crippen LogP contribution in [0.2, 0.25) is 10.0 Å². The van der Waals surface area contributed by atoms with Crippen LogP contribution in [0, 0.1) is 5.41 Å². The zero-order valence-electron chi connectivity index (χ0n) is 18.4. The normalized spacial score (nSPS) is 19.9. The van der Waals surface area contributed by atoms with Crippen LogP contribution in [-0.4, -0.2) is 33.0 Å². The van der Waals surface area contributed by atoms with Gasteiger partial charge < -0.3 is 0 Å². The number of carbonyl (C=O) groups is 2. The van der Waals surface area contributed by atoms with E-state index in [2.05, 4.69) is 0 Å². The zero-order valence-corrected chi connectivity index (χ0v) is 20.7. The van der Waals surface area contributed by atoms with E-state index in [1.54, 1.807) is 11.1 Å². The highest BCUT2D eigenvalue weighted by molar-refractivity contribution is 8.14. The fourth-order valence-electron chi connectivity index (χ4n) is 4.26. The van der Waals surface area contributed by atoms with Gasteiger partial charge in [0, 0.05) is 22.9 Å². The van der Waals surface area contributed by atoms with E-state index < -0.39 is 11.2 Å². The van der Waals surface area contributed by atoms with Gasteiger partial charge in [-0.2, -0.15) is 5.10 Å². The number of anilines is 1. The molecule has 2 heterocycles. The average molecular weight is 523 g/mol. The lowest BCUT2D eigenvalue weighted by atomic mass is 9.99. The van der Waals surface area contributed by atoms with Gasteiger partial charge in [0.05, 0.1) is 17.4 Å². The Hall–Kier alpha value is -3.13. The number of thioether (sulfide) groups is 1. The van der Waals surface area contributed by atoms with Gasteiger partial charge in [-0.1, -0.05) is 95.6 Å². The zero-order chi connectivity index (χ0) is 24.5.